The van der Waals surface area contributed by atoms with Crippen molar-refractivity contribution in [1.82, 2.24) is 4.90 Å². The molecular weight excluding hydrogens is 262 g/mol. The molecule has 2 rings (SSSR count). The third-order valence-electron chi connectivity index (χ3n) is 3.57. The molecule has 1 heterocycles. The maximum atomic E-state index is 12.3. The number of amides is 1. The average Bonchev–Trinajstić information content (AvgIpc) is 2.80. The summed E-state index contributed by atoms with van der Waals surface area (Å²) >= 11 is 0. The molecule has 0 unspecified atom stereocenters. The largest absolute Gasteiger partial charge is 0.481 e. The standard InChI is InChI=1S/C14H15NO5/c1-8-6-15(7-11(8)14(19)20)12(16)9-3-2-4-10(5-9)13(17)18/h2-5,8,11H,6-7H2,1H3,(H,17,18)(H,19,20)/t8-,11-/m1/s1. The Morgan fingerprint density at radius 1 is 1.15 bits per heavy atom. The number of carboxylic acid groups (broad SMARTS) is 2. The van der Waals surface area contributed by atoms with Crippen LogP contribution in [0.15, 0.2) is 24.3 Å². The monoisotopic (exact) mass is 277 g/mol. The van der Waals surface area contributed by atoms with Crippen LogP contribution in [0.25, 0.3) is 0 Å². The maximum Gasteiger partial charge on any atom is 0.335 e. The zero-order valence-corrected chi connectivity index (χ0v) is 10.9. The van der Waals surface area contributed by atoms with E-state index in [0.717, 1.165) is 0 Å². The van der Waals surface area contributed by atoms with Crippen molar-refractivity contribution in [2.75, 3.05) is 13.1 Å². The van der Waals surface area contributed by atoms with Gasteiger partial charge in [0.1, 0.15) is 0 Å². The van der Waals surface area contributed by atoms with E-state index in [-0.39, 0.29) is 29.5 Å². The van der Waals surface area contributed by atoms with E-state index >= 15 is 0 Å². The van der Waals surface area contributed by atoms with Gasteiger partial charge in [0.15, 0.2) is 0 Å². The van der Waals surface area contributed by atoms with E-state index in [0.29, 0.717) is 6.54 Å². The molecular formula is C14H15NO5. The molecule has 0 spiro atoms. The van der Waals surface area contributed by atoms with Crippen molar-refractivity contribution in [3.63, 3.8) is 0 Å². The normalized spacial score (nSPS) is 21.8. The second-order valence-electron chi connectivity index (χ2n) is 5.02. The van der Waals surface area contributed by atoms with Crippen LogP contribution < -0.4 is 0 Å². The van der Waals surface area contributed by atoms with Gasteiger partial charge >= 0.3 is 11.9 Å². The number of aliphatic carboxylic acids is 1. The zero-order chi connectivity index (χ0) is 14.9. The summed E-state index contributed by atoms with van der Waals surface area (Å²) in [6, 6.07) is 5.76. The molecule has 0 aliphatic carbocycles. The number of carbonyl (C=O) groups excluding carboxylic acids is 1. The Hall–Kier alpha value is -2.37. The number of carbonyl (C=O) groups is 3. The molecule has 1 fully saturated rings. The summed E-state index contributed by atoms with van der Waals surface area (Å²) in [6.07, 6.45) is 0. The van der Waals surface area contributed by atoms with Crippen molar-refractivity contribution in [3.05, 3.63) is 35.4 Å². The number of carboxylic acids is 2. The fraction of sp³-hybridized carbons (Fsp3) is 0.357. The summed E-state index contributed by atoms with van der Waals surface area (Å²) in [5.74, 6) is -3.02. The molecule has 1 amide bonds. The molecule has 1 aromatic rings. The lowest BCUT2D eigenvalue weighted by Crippen LogP contribution is -2.30. The Labute approximate surface area is 115 Å². The van der Waals surface area contributed by atoms with Crippen molar-refractivity contribution < 1.29 is 24.6 Å². The van der Waals surface area contributed by atoms with Crippen LogP contribution >= 0.6 is 0 Å². The Bertz CT molecular complexity index is 568. The van der Waals surface area contributed by atoms with Crippen molar-refractivity contribution in [2.24, 2.45) is 11.8 Å². The number of hydrogen-bond donors (Lipinski definition) is 2. The Kier molecular flexibility index (Phi) is 3.74. The van der Waals surface area contributed by atoms with Gasteiger partial charge < -0.3 is 15.1 Å². The van der Waals surface area contributed by atoms with E-state index in [1.807, 2.05) is 0 Å². The first-order valence-corrected chi connectivity index (χ1v) is 6.25. The van der Waals surface area contributed by atoms with Crippen LogP contribution in [0.1, 0.15) is 27.6 Å². The van der Waals surface area contributed by atoms with Gasteiger partial charge in [-0.15, -0.1) is 0 Å². The molecule has 1 aliphatic rings. The van der Waals surface area contributed by atoms with E-state index in [1.54, 1.807) is 6.92 Å². The van der Waals surface area contributed by atoms with Gasteiger partial charge in [-0.05, 0) is 24.1 Å². The van der Waals surface area contributed by atoms with E-state index in [1.165, 1.54) is 29.2 Å². The maximum absolute atomic E-state index is 12.3. The minimum Gasteiger partial charge on any atom is -0.481 e. The van der Waals surface area contributed by atoms with Gasteiger partial charge in [-0.25, -0.2) is 4.79 Å². The minimum atomic E-state index is -1.10. The van der Waals surface area contributed by atoms with Crippen LogP contribution in [-0.4, -0.2) is 46.0 Å². The van der Waals surface area contributed by atoms with E-state index in [2.05, 4.69) is 0 Å². The van der Waals surface area contributed by atoms with Gasteiger partial charge in [0.25, 0.3) is 5.91 Å². The second kappa shape index (κ2) is 5.32. The molecule has 1 aromatic carbocycles. The number of aromatic carboxylic acids is 1. The first-order valence-electron chi connectivity index (χ1n) is 6.25. The second-order valence-corrected chi connectivity index (χ2v) is 5.02. The van der Waals surface area contributed by atoms with Crippen LogP contribution in [-0.2, 0) is 4.79 Å². The zero-order valence-electron chi connectivity index (χ0n) is 10.9. The van der Waals surface area contributed by atoms with Gasteiger partial charge in [0.2, 0.25) is 0 Å². The van der Waals surface area contributed by atoms with Crippen LogP contribution in [0, 0.1) is 11.8 Å². The molecule has 106 valence electrons. The van der Waals surface area contributed by atoms with Crippen LogP contribution in [0.3, 0.4) is 0 Å². The lowest BCUT2D eigenvalue weighted by molar-refractivity contribution is -0.142. The molecule has 6 heteroatoms. The number of benzene rings is 1. The first kappa shape index (κ1) is 14.0. The molecule has 0 bridgehead atoms. The van der Waals surface area contributed by atoms with Gasteiger partial charge in [-0.1, -0.05) is 13.0 Å². The third kappa shape index (κ3) is 2.64. The van der Waals surface area contributed by atoms with Crippen LogP contribution in [0.4, 0.5) is 0 Å². The summed E-state index contributed by atoms with van der Waals surface area (Å²) in [4.78, 5) is 35.7. The third-order valence-corrected chi connectivity index (χ3v) is 3.57. The molecule has 2 atom stereocenters. The summed E-state index contributed by atoms with van der Waals surface area (Å²) < 4.78 is 0. The summed E-state index contributed by atoms with van der Waals surface area (Å²) in [5.41, 5.74) is 0.306. The Morgan fingerprint density at radius 3 is 2.35 bits per heavy atom. The number of rotatable bonds is 3. The lowest BCUT2D eigenvalue weighted by Gasteiger charge is -2.16. The SMILES string of the molecule is C[C@@H]1CN(C(=O)c2cccc(C(=O)O)c2)C[C@H]1C(=O)O. The molecule has 0 saturated carbocycles. The average molecular weight is 277 g/mol. The molecule has 1 saturated heterocycles. The summed E-state index contributed by atoms with van der Waals surface area (Å²) in [5, 5.41) is 18.0. The first-order chi connectivity index (χ1) is 9.40. The molecule has 0 aromatic heterocycles. The van der Waals surface area contributed by atoms with Gasteiger partial charge in [-0.2, -0.15) is 0 Å². The predicted molar refractivity (Wildman–Crippen MR) is 69.6 cm³/mol. The van der Waals surface area contributed by atoms with E-state index in [4.69, 9.17) is 10.2 Å². The topological polar surface area (TPSA) is 94.9 Å². The number of nitrogens with zero attached hydrogens (tertiary/aromatic N) is 1. The molecule has 0 radical (unpaired) electrons. The Morgan fingerprint density at radius 2 is 1.80 bits per heavy atom. The van der Waals surface area contributed by atoms with E-state index in [9.17, 15) is 14.4 Å². The predicted octanol–water partition coefficient (Wildman–Crippen LogP) is 1.18. The highest BCUT2D eigenvalue weighted by molar-refractivity contribution is 5.97. The molecule has 6 nitrogen and oxygen atoms in total. The van der Waals surface area contributed by atoms with Gasteiger partial charge in [0, 0.05) is 18.7 Å². The highest BCUT2D eigenvalue weighted by Crippen LogP contribution is 2.24. The fourth-order valence-electron chi connectivity index (χ4n) is 2.42. The summed E-state index contributed by atoms with van der Waals surface area (Å²) in [7, 11) is 0. The quantitative estimate of drug-likeness (QED) is 0.865. The molecule has 2 N–H and O–H groups in total. The van der Waals surface area contributed by atoms with Crippen molar-refractivity contribution in [1.29, 1.82) is 0 Å². The van der Waals surface area contributed by atoms with Gasteiger partial charge in [0.05, 0.1) is 11.5 Å². The smallest absolute Gasteiger partial charge is 0.335 e. The number of likely N-dealkylation sites (tertiary alicyclic amines) is 1. The highest BCUT2D eigenvalue weighted by atomic mass is 16.4. The fourth-order valence-corrected chi connectivity index (χ4v) is 2.42. The van der Waals surface area contributed by atoms with Crippen molar-refractivity contribution in [3.8, 4) is 0 Å². The lowest BCUT2D eigenvalue weighted by atomic mass is 9.99. The molecule has 20 heavy (non-hydrogen) atoms. The van der Waals surface area contributed by atoms with Crippen molar-refractivity contribution in [2.45, 2.75) is 6.92 Å². The van der Waals surface area contributed by atoms with Crippen LogP contribution in [0.2, 0.25) is 0 Å². The summed E-state index contributed by atoms with van der Waals surface area (Å²) in [6.45, 7) is 2.32. The Balaban J connectivity index is 2.18. The molecule has 1 aliphatic heterocycles. The highest BCUT2D eigenvalue weighted by Gasteiger charge is 2.37. The van der Waals surface area contributed by atoms with E-state index < -0.39 is 17.9 Å². The van der Waals surface area contributed by atoms with Crippen LogP contribution in [0.5, 0.6) is 0 Å². The van der Waals surface area contributed by atoms with Gasteiger partial charge in [-0.3, -0.25) is 9.59 Å². The van der Waals surface area contributed by atoms with Crippen molar-refractivity contribution >= 4 is 17.8 Å². The minimum absolute atomic E-state index is 0.0397. The number of hydrogen-bond acceptors (Lipinski definition) is 3.